The molecule has 2 rings (SSSR count). The molecule has 0 spiro atoms. The normalized spacial score (nSPS) is 12.8. The van der Waals surface area contributed by atoms with Crippen molar-refractivity contribution in [3.8, 4) is 5.75 Å². The average molecular weight is 433 g/mol. The lowest BCUT2D eigenvalue weighted by atomic mass is 9.96. The molecule has 1 amide bonds. The van der Waals surface area contributed by atoms with Gasteiger partial charge in [-0.2, -0.15) is 4.31 Å². The largest absolute Gasteiger partial charge is 0.495 e. The van der Waals surface area contributed by atoms with Crippen molar-refractivity contribution in [3.63, 3.8) is 0 Å². The smallest absolute Gasteiger partial charge is 0.251 e. The predicted octanol–water partition coefficient (Wildman–Crippen LogP) is 4.24. The quantitative estimate of drug-likeness (QED) is 0.609. The lowest BCUT2D eigenvalue weighted by Gasteiger charge is -2.22. The summed E-state index contributed by atoms with van der Waals surface area (Å²) >= 11 is 0. The summed E-state index contributed by atoms with van der Waals surface area (Å²) in [5.41, 5.74) is 1.30. The van der Waals surface area contributed by atoms with Crippen molar-refractivity contribution in [2.75, 3.05) is 20.2 Å². The van der Waals surface area contributed by atoms with Crippen molar-refractivity contribution in [1.29, 1.82) is 0 Å². The molecule has 0 saturated heterocycles. The van der Waals surface area contributed by atoms with Crippen LogP contribution in [0.25, 0.3) is 0 Å². The second-order valence-corrected chi connectivity index (χ2v) is 9.43. The predicted molar refractivity (Wildman–Crippen MR) is 119 cm³/mol. The van der Waals surface area contributed by atoms with Gasteiger partial charge in [-0.05, 0) is 36.1 Å². The van der Waals surface area contributed by atoms with Gasteiger partial charge in [0.15, 0.2) is 0 Å². The van der Waals surface area contributed by atoms with E-state index in [1.807, 2.05) is 30.3 Å². The van der Waals surface area contributed by atoms with Crippen LogP contribution in [0.15, 0.2) is 53.4 Å². The first-order chi connectivity index (χ1) is 14.2. The molecule has 1 N–H and O–H groups in total. The molecule has 7 heteroatoms. The third-order valence-corrected chi connectivity index (χ3v) is 7.03. The van der Waals surface area contributed by atoms with Gasteiger partial charge in [0.2, 0.25) is 10.0 Å². The molecule has 0 aliphatic heterocycles. The van der Waals surface area contributed by atoms with Crippen LogP contribution in [0.3, 0.4) is 0 Å². The van der Waals surface area contributed by atoms with Crippen LogP contribution in [-0.2, 0) is 10.0 Å². The van der Waals surface area contributed by atoms with Crippen molar-refractivity contribution in [1.82, 2.24) is 9.62 Å². The monoisotopic (exact) mass is 432 g/mol. The molecule has 0 bridgehead atoms. The number of nitrogens with one attached hydrogen (secondary N) is 1. The summed E-state index contributed by atoms with van der Waals surface area (Å²) in [6.45, 7) is 8.43. The number of ether oxygens (including phenoxy) is 1. The first-order valence-corrected chi connectivity index (χ1v) is 11.7. The topological polar surface area (TPSA) is 75.7 Å². The molecule has 1 unspecified atom stereocenters. The van der Waals surface area contributed by atoms with Crippen molar-refractivity contribution < 1.29 is 17.9 Å². The highest BCUT2D eigenvalue weighted by atomic mass is 32.2. The van der Waals surface area contributed by atoms with Gasteiger partial charge in [0.05, 0.1) is 13.2 Å². The summed E-state index contributed by atoms with van der Waals surface area (Å²) in [6.07, 6.45) is 0.774. The van der Waals surface area contributed by atoms with E-state index in [2.05, 4.69) is 19.2 Å². The van der Waals surface area contributed by atoms with Crippen molar-refractivity contribution in [2.24, 2.45) is 5.92 Å². The van der Waals surface area contributed by atoms with Gasteiger partial charge < -0.3 is 10.1 Å². The molecule has 6 nitrogen and oxygen atoms in total. The van der Waals surface area contributed by atoms with Crippen molar-refractivity contribution >= 4 is 15.9 Å². The van der Waals surface area contributed by atoms with Gasteiger partial charge in [-0.3, -0.25) is 4.79 Å². The summed E-state index contributed by atoms with van der Waals surface area (Å²) < 4.78 is 32.7. The summed E-state index contributed by atoms with van der Waals surface area (Å²) in [6, 6.07) is 14.1. The highest BCUT2D eigenvalue weighted by Gasteiger charge is 2.27. The molecule has 0 fully saturated rings. The van der Waals surface area contributed by atoms with Crippen LogP contribution in [0.5, 0.6) is 5.75 Å². The minimum absolute atomic E-state index is 0.00136. The molecule has 0 aliphatic carbocycles. The average Bonchev–Trinajstić information content (AvgIpc) is 2.73. The Labute approximate surface area is 180 Å². The minimum atomic E-state index is -3.77. The van der Waals surface area contributed by atoms with E-state index in [9.17, 15) is 13.2 Å². The van der Waals surface area contributed by atoms with Gasteiger partial charge in [-0.1, -0.05) is 58.0 Å². The first kappa shape index (κ1) is 23.9. The fourth-order valence-corrected chi connectivity index (χ4v) is 5.04. The van der Waals surface area contributed by atoms with Gasteiger partial charge in [0.1, 0.15) is 10.6 Å². The van der Waals surface area contributed by atoms with Gasteiger partial charge in [-0.25, -0.2) is 8.42 Å². The van der Waals surface area contributed by atoms with E-state index < -0.39 is 10.0 Å². The molecule has 0 aromatic heterocycles. The molecular weight excluding hydrogens is 400 g/mol. The Morgan fingerprint density at radius 3 is 2.23 bits per heavy atom. The van der Waals surface area contributed by atoms with E-state index in [-0.39, 0.29) is 28.2 Å². The van der Waals surface area contributed by atoms with Crippen LogP contribution in [-0.4, -0.2) is 38.8 Å². The number of hydrogen-bond donors (Lipinski definition) is 1. The number of rotatable bonds is 10. The van der Waals surface area contributed by atoms with E-state index in [4.69, 9.17) is 4.74 Å². The van der Waals surface area contributed by atoms with Crippen molar-refractivity contribution in [3.05, 3.63) is 59.7 Å². The highest BCUT2D eigenvalue weighted by Crippen LogP contribution is 2.28. The van der Waals surface area contributed by atoms with E-state index in [0.29, 0.717) is 19.0 Å². The van der Waals surface area contributed by atoms with Gasteiger partial charge in [0, 0.05) is 18.7 Å². The van der Waals surface area contributed by atoms with Gasteiger partial charge in [-0.15, -0.1) is 0 Å². The number of carbonyl (C=O) groups excluding carboxylic acids is 1. The number of sulfonamides is 1. The van der Waals surface area contributed by atoms with Crippen LogP contribution in [0.1, 0.15) is 56.1 Å². The fourth-order valence-electron chi connectivity index (χ4n) is 3.40. The zero-order chi connectivity index (χ0) is 22.3. The molecule has 0 saturated carbocycles. The zero-order valence-corrected chi connectivity index (χ0v) is 19.2. The fraction of sp³-hybridized carbons (Fsp3) is 0.435. The Hall–Kier alpha value is -2.38. The molecular formula is C23H32N2O4S. The number of amides is 1. The lowest BCUT2D eigenvalue weighted by Crippen LogP contribution is -2.32. The molecule has 1 atom stereocenters. The molecule has 0 heterocycles. The molecule has 164 valence electrons. The first-order valence-electron chi connectivity index (χ1n) is 10.3. The lowest BCUT2D eigenvalue weighted by molar-refractivity contribution is 0.0931. The second-order valence-electron chi connectivity index (χ2n) is 7.52. The molecule has 2 aromatic carbocycles. The maximum Gasteiger partial charge on any atom is 0.251 e. The third kappa shape index (κ3) is 5.61. The zero-order valence-electron chi connectivity index (χ0n) is 18.4. The molecule has 2 aromatic rings. The van der Waals surface area contributed by atoms with Crippen LogP contribution < -0.4 is 10.1 Å². The highest BCUT2D eigenvalue weighted by molar-refractivity contribution is 7.89. The van der Waals surface area contributed by atoms with Crippen LogP contribution in [0.4, 0.5) is 0 Å². The molecule has 30 heavy (non-hydrogen) atoms. The minimum Gasteiger partial charge on any atom is -0.495 e. The summed E-state index contributed by atoms with van der Waals surface area (Å²) in [5.74, 6) is 0.286. The Bertz CT molecular complexity index is 939. The summed E-state index contributed by atoms with van der Waals surface area (Å²) in [7, 11) is -2.35. The SMILES string of the molecule is CCN(CC)S(=O)(=O)c1cc(C(=O)NC(CC(C)C)c2ccccc2)ccc1OC. The second kappa shape index (κ2) is 10.6. The summed E-state index contributed by atoms with van der Waals surface area (Å²) in [4.78, 5) is 13.0. The number of hydrogen-bond acceptors (Lipinski definition) is 4. The number of methoxy groups -OCH3 is 1. The Morgan fingerprint density at radius 1 is 1.07 bits per heavy atom. The molecule has 0 aliphatic rings. The van der Waals surface area contributed by atoms with E-state index in [1.54, 1.807) is 19.9 Å². The maximum atomic E-state index is 13.1. The molecule has 0 radical (unpaired) electrons. The van der Waals surface area contributed by atoms with Crippen molar-refractivity contribution in [2.45, 2.75) is 45.1 Å². The number of carbonyl (C=O) groups is 1. The Morgan fingerprint density at radius 2 is 1.70 bits per heavy atom. The Balaban J connectivity index is 2.40. The number of benzene rings is 2. The number of nitrogens with zero attached hydrogens (tertiary/aromatic N) is 1. The maximum absolute atomic E-state index is 13.1. The van der Waals surface area contributed by atoms with Gasteiger partial charge in [0.25, 0.3) is 5.91 Å². The van der Waals surface area contributed by atoms with E-state index in [1.165, 1.54) is 23.5 Å². The van der Waals surface area contributed by atoms with Crippen LogP contribution in [0.2, 0.25) is 0 Å². The Kier molecular flexibility index (Phi) is 8.43. The van der Waals surface area contributed by atoms with Gasteiger partial charge >= 0.3 is 0 Å². The van der Waals surface area contributed by atoms with E-state index >= 15 is 0 Å². The third-order valence-electron chi connectivity index (χ3n) is 4.96. The van der Waals surface area contributed by atoms with Crippen LogP contribution >= 0.6 is 0 Å². The van der Waals surface area contributed by atoms with E-state index in [0.717, 1.165) is 12.0 Å². The standard InChI is InChI=1S/C23H32N2O4S/c1-6-25(7-2)30(27,28)22-16-19(13-14-21(22)29-5)23(26)24-20(15-17(3)4)18-11-9-8-10-12-18/h8-14,16-17,20H,6-7,15H2,1-5H3,(H,24,26). The van der Waals surface area contributed by atoms with Crippen LogP contribution in [0, 0.1) is 5.92 Å². The summed E-state index contributed by atoms with van der Waals surface area (Å²) in [5, 5.41) is 3.07.